The number of alkyl halides is 3. The first-order valence-corrected chi connectivity index (χ1v) is 11.0. The molecule has 1 aliphatic heterocycles. The van der Waals surface area contributed by atoms with Crippen LogP contribution in [0.4, 0.5) is 13.2 Å². The monoisotopic (exact) mass is 478 g/mol. The molecule has 0 aromatic carbocycles. The molecule has 3 heterocycles. The molecule has 7 nitrogen and oxygen atoms in total. The minimum absolute atomic E-state index is 0.0600. The summed E-state index contributed by atoms with van der Waals surface area (Å²) in [4.78, 5) is 16.5. The van der Waals surface area contributed by atoms with Gasteiger partial charge in [-0.15, -0.1) is 21.5 Å². The predicted octanol–water partition coefficient (Wildman–Crippen LogP) is 4.78. The van der Waals surface area contributed by atoms with E-state index in [1.165, 1.54) is 22.3 Å². The van der Waals surface area contributed by atoms with Gasteiger partial charge >= 0.3 is 6.18 Å². The highest BCUT2D eigenvalue weighted by atomic mass is 32.1. The highest BCUT2D eigenvalue weighted by Crippen LogP contribution is 2.40. The Morgan fingerprint density at radius 2 is 2.12 bits per heavy atom. The number of carbonyl (C=O) groups is 1. The summed E-state index contributed by atoms with van der Waals surface area (Å²) >= 11 is 1.51. The zero-order chi connectivity index (χ0) is 24.0. The summed E-state index contributed by atoms with van der Waals surface area (Å²) in [7, 11) is 0. The fourth-order valence-corrected chi connectivity index (χ4v) is 4.71. The Morgan fingerprint density at radius 1 is 1.36 bits per heavy atom. The van der Waals surface area contributed by atoms with Crippen LogP contribution in [0.3, 0.4) is 0 Å². The van der Waals surface area contributed by atoms with Crippen molar-refractivity contribution >= 4 is 17.2 Å². The van der Waals surface area contributed by atoms with Crippen LogP contribution in [-0.4, -0.2) is 39.8 Å². The molecular formula is C22H21F3N4O3S. The number of amides is 1. The Hall–Kier alpha value is -3.13. The van der Waals surface area contributed by atoms with Gasteiger partial charge in [-0.3, -0.25) is 4.79 Å². The Labute approximate surface area is 192 Å². The standard InChI is InChI=1S/C22H21F3N4O3S/c1-12-4-7-16(33-12)19-28-27-17(32-19)10-29-11-21(2,3)18(20(29)30)31-14-6-5-13(9-26)15(8-14)22(23,24)25/h4,6-8,13,18H,5,10-11H2,1-3H3. The summed E-state index contributed by atoms with van der Waals surface area (Å²) in [6, 6.07) is 5.48. The van der Waals surface area contributed by atoms with E-state index in [1.807, 2.05) is 19.1 Å². The summed E-state index contributed by atoms with van der Waals surface area (Å²) in [5.74, 6) is -1.10. The second kappa shape index (κ2) is 8.33. The van der Waals surface area contributed by atoms with E-state index in [9.17, 15) is 18.0 Å². The number of aromatic nitrogens is 2. The molecule has 174 valence electrons. The van der Waals surface area contributed by atoms with E-state index in [0.29, 0.717) is 12.4 Å². The Bertz CT molecular complexity index is 1170. The van der Waals surface area contributed by atoms with Crippen LogP contribution in [-0.2, 0) is 16.1 Å². The van der Waals surface area contributed by atoms with Crippen molar-refractivity contribution in [2.75, 3.05) is 6.54 Å². The van der Waals surface area contributed by atoms with E-state index in [1.54, 1.807) is 19.9 Å². The molecule has 0 N–H and O–H groups in total. The topological polar surface area (TPSA) is 92.2 Å². The van der Waals surface area contributed by atoms with Crippen LogP contribution in [0.5, 0.6) is 0 Å². The van der Waals surface area contributed by atoms with Gasteiger partial charge in [-0.1, -0.05) is 13.8 Å². The second-order valence-electron chi connectivity index (χ2n) is 8.71. The molecule has 0 radical (unpaired) electrons. The molecule has 0 bridgehead atoms. The van der Waals surface area contributed by atoms with E-state index in [4.69, 9.17) is 14.4 Å². The first-order chi connectivity index (χ1) is 15.5. The van der Waals surface area contributed by atoms with Crippen molar-refractivity contribution in [1.82, 2.24) is 15.1 Å². The number of hydrogen-bond donors (Lipinski definition) is 0. The summed E-state index contributed by atoms with van der Waals surface area (Å²) in [5, 5.41) is 17.1. The SMILES string of the molecule is Cc1ccc(-c2nnc(CN3CC(C)(C)C(OC4=CCC(C#N)C(C(F)(F)F)=C4)C3=O)o2)s1. The fraction of sp³-hybridized carbons (Fsp3) is 0.455. The van der Waals surface area contributed by atoms with Gasteiger partial charge < -0.3 is 14.1 Å². The van der Waals surface area contributed by atoms with Gasteiger partial charge in [0.15, 0.2) is 6.10 Å². The van der Waals surface area contributed by atoms with Crippen molar-refractivity contribution < 1.29 is 27.1 Å². The molecule has 2 unspecified atom stereocenters. The highest BCUT2D eigenvalue weighted by molar-refractivity contribution is 7.15. The van der Waals surface area contributed by atoms with Gasteiger partial charge in [-0.2, -0.15) is 18.4 Å². The lowest BCUT2D eigenvalue weighted by atomic mass is 9.89. The first kappa shape index (κ1) is 23.0. The molecule has 1 aliphatic carbocycles. The van der Waals surface area contributed by atoms with Gasteiger partial charge in [0.05, 0.1) is 29.0 Å². The van der Waals surface area contributed by atoms with Crippen LogP contribution in [0, 0.1) is 29.6 Å². The molecule has 4 rings (SSSR count). The lowest BCUT2D eigenvalue weighted by molar-refractivity contribution is -0.137. The molecule has 1 fully saturated rings. The number of hydrogen-bond acceptors (Lipinski definition) is 7. The van der Waals surface area contributed by atoms with Crippen molar-refractivity contribution in [2.24, 2.45) is 11.3 Å². The maximum atomic E-state index is 13.3. The zero-order valence-electron chi connectivity index (χ0n) is 18.1. The number of aryl methyl sites for hydroxylation is 1. The summed E-state index contributed by atoms with van der Waals surface area (Å²) < 4.78 is 51.4. The molecular weight excluding hydrogens is 457 g/mol. The van der Waals surface area contributed by atoms with Gasteiger partial charge in [0.1, 0.15) is 5.76 Å². The van der Waals surface area contributed by atoms with Crippen molar-refractivity contribution in [3.8, 4) is 16.8 Å². The van der Waals surface area contributed by atoms with Crippen LogP contribution < -0.4 is 0 Å². The number of likely N-dealkylation sites (tertiary alicyclic amines) is 1. The minimum Gasteiger partial charge on any atom is -0.480 e. The normalized spacial score (nSPS) is 22.7. The summed E-state index contributed by atoms with van der Waals surface area (Å²) in [5.41, 5.74) is -1.64. The molecule has 2 atom stereocenters. The summed E-state index contributed by atoms with van der Waals surface area (Å²) in [6.07, 6.45) is -3.54. The van der Waals surface area contributed by atoms with Crippen molar-refractivity contribution in [3.05, 3.63) is 46.4 Å². The first-order valence-electron chi connectivity index (χ1n) is 10.2. The third-order valence-electron chi connectivity index (χ3n) is 5.55. The van der Waals surface area contributed by atoms with E-state index in [2.05, 4.69) is 10.2 Å². The second-order valence-corrected chi connectivity index (χ2v) is 10.0. The zero-order valence-corrected chi connectivity index (χ0v) is 19.0. The van der Waals surface area contributed by atoms with Gasteiger partial charge in [0.25, 0.3) is 11.8 Å². The number of allylic oxidation sites excluding steroid dienone is 3. The van der Waals surface area contributed by atoms with Crippen molar-refractivity contribution in [1.29, 1.82) is 5.26 Å². The van der Waals surface area contributed by atoms with Crippen LogP contribution in [0.15, 0.2) is 40.0 Å². The average molecular weight is 478 g/mol. The number of nitrogens with zero attached hydrogens (tertiary/aromatic N) is 4. The Kier molecular flexibility index (Phi) is 5.82. The molecule has 2 aromatic heterocycles. The molecule has 11 heteroatoms. The van der Waals surface area contributed by atoms with E-state index in [-0.39, 0.29) is 30.5 Å². The third kappa shape index (κ3) is 4.66. The maximum Gasteiger partial charge on any atom is 0.414 e. The van der Waals surface area contributed by atoms with Crippen LogP contribution in [0.1, 0.15) is 31.0 Å². The fourth-order valence-electron chi connectivity index (χ4n) is 3.92. The summed E-state index contributed by atoms with van der Waals surface area (Å²) in [6.45, 7) is 5.94. The highest BCUT2D eigenvalue weighted by Gasteiger charge is 2.49. The number of halogens is 3. The largest absolute Gasteiger partial charge is 0.480 e. The van der Waals surface area contributed by atoms with Crippen LogP contribution in [0.25, 0.3) is 10.8 Å². The lowest BCUT2D eigenvalue weighted by Gasteiger charge is -2.27. The quantitative estimate of drug-likeness (QED) is 0.614. The van der Waals surface area contributed by atoms with E-state index < -0.39 is 29.2 Å². The number of nitriles is 1. The van der Waals surface area contributed by atoms with Gasteiger partial charge in [-0.05, 0) is 37.6 Å². The molecule has 2 aromatic rings. The predicted molar refractivity (Wildman–Crippen MR) is 112 cm³/mol. The van der Waals surface area contributed by atoms with Crippen molar-refractivity contribution in [3.63, 3.8) is 0 Å². The number of thiophene rings is 1. The van der Waals surface area contributed by atoms with Gasteiger partial charge in [0.2, 0.25) is 5.89 Å². The molecule has 33 heavy (non-hydrogen) atoms. The molecule has 0 saturated carbocycles. The van der Waals surface area contributed by atoms with Crippen molar-refractivity contribution in [2.45, 2.75) is 46.0 Å². The van der Waals surface area contributed by atoms with E-state index >= 15 is 0 Å². The third-order valence-corrected chi connectivity index (χ3v) is 6.54. The number of carbonyl (C=O) groups excluding carboxylic acids is 1. The van der Waals surface area contributed by atoms with Gasteiger partial charge in [-0.25, -0.2) is 0 Å². The van der Waals surface area contributed by atoms with Crippen LogP contribution >= 0.6 is 11.3 Å². The average Bonchev–Trinajstić information content (AvgIpc) is 3.43. The molecule has 0 spiro atoms. The number of ether oxygens (including phenoxy) is 1. The maximum absolute atomic E-state index is 13.3. The van der Waals surface area contributed by atoms with E-state index in [0.717, 1.165) is 15.8 Å². The Balaban J connectivity index is 1.48. The Morgan fingerprint density at radius 3 is 2.76 bits per heavy atom. The minimum atomic E-state index is -4.65. The molecule has 1 saturated heterocycles. The number of rotatable bonds is 5. The smallest absolute Gasteiger partial charge is 0.414 e. The van der Waals surface area contributed by atoms with Gasteiger partial charge in [0, 0.05) is 16.8 Å². The van der Waals surface area contributed by atoms with Crippen LogP contribution in [0.2, 0.25) is 0 Å². The lowest BCUT2D eigenvalue weighted by Crippen LogP contribution is -2.34. The molecule has 2 aliphatic rings. The molecule has 1 amide bonds.